The van der Waals surface area contributed by atoms with Crippen LogP contribution in [0.2, 0.25) is 0 Å². The van der Waals surface area contributed by atoms with Crippen LogP contribution in [-0.4, -0.2) is 32.2 Å². The molecule has 0 radical (unpaired) electrons. The Morgan fingerprint density at radius 3 is 2.00 bits per heavy atom. The molecule has 62 valence electrons. The predicted octanol–water partition coefficient (Wildman–Crippen LogP) is -0.427. The van der Waals surface area contributed by atoms with Gasteiger partial charge in [-0.3, -0.25) is 0 Å². The summed E-state index contributed by atoms with van der Waals surface area (Å²) in [7, 11) is -0.262. The third-order valence-corrected chi connectivity index (χ3v) is 3.41. The molecule has 1 atom stereocenters. The van der Waals surface area contributed by atoms with Crippen molar-refractivity contribution in [1.82, 2.24) is 4.31 Å². The zero-order chi connectivity index (χ0) is 8.36. The molecule has 0 heterocycles. The van der Waals surface area contributed by atoms with E-state index >= 15 is 0 Å². The molecule has 0 rings (SSSR count). The van der Waals surface area contributed by atoms with Crippen LogP contribution in [0.25, 0.3) is 0 Å². The Morgan fingerprint density at radius 2 is 1.90 bits per heavy atom. The topological polar surface area (TPSA) is 63.4 Å². The Balaban J connectivity index is 4.42. The van der Waals surface area contributed by atoms with E-state index in [1.54, 1.807) is 6.92 Å². The molecule has 10 heavy (non-hydrogen) atoms. The van der Waals surface area contributed by atoms with Gasteiger partial charge >= 0.3 is 0 Å². The van der Waals surface area contributed by atoms with Gasteiger partial charge in [0.2, 0.25) is 10.0 Å². The summed E-state index contributed by atoms with van der Waals surface area (Å²) >= 11 is 0. The summed E-state index contributed by atoms with van der Waals surface area (Å²) in [5.41, 5.74) is 5.32. The molecule has 0 aromatic rings. The molecule has 0 bridgehead atoms. The molecule has 1 unspecified atom stereocenters. The molecule has 4 nitrogen and oxygen atoms in total. The zero-order valence-electron chi connectivity index (χ0n) is 6.53. The fraction of sp³-hybridized carbons (Fsp3) is 1.00. The summed E-state index contributed by atoms with van der Waals surface area (Å²) in [6.07, 6.45) is 0.445. The lowest BCUT2D eigenvalue weighted by molar-refractivity contribution is 0.503. The van der Waals surface area contributed by atoms with Gasteiger partial charge in [0.15, 0.2) is 0 Å². The molecule has 5 heteroatoms. The van der Waals surface area contributed by atoms with Gasteiger partial charge in [0.25, 0.3) is 0 Å². The van der Waals surface area contributed by atoms with Crippen molar-refractivity contribution in [2.75, 3.05) is 14.1 Å². The van der Waals surface area contributed by atoms with Crippen molar-refractivity contribution in [3.05, 3.63) is 0 Å². The van der Waals surface area contributed by atoms with E-state index in [0.717, 1.165) is 4.31 Å². The molecule has 0 amide bonds. The Morgan fingerprint density at radius 1 is 1.50 bits per heavy atom. The monoisotopic (exact) mass is 166 g/mol. The first kappa shape index (κ1) is 9.87. The van der Waals surface area contributed by atoms with Crippen molar-refractivity contribution in [3.8, 4) is 0 Å². The van der Waals surface area contributed by atoms with E-state index in [1.807, 2.05) is 0 Å². The Bertz CT molecular complexity index is 186. The van der Waals surface area contributed by atoms with Crippen LogP contribution in [0.4, 0.5) is 0 Å². The minimum absolute atomic E-state index is 0.445. The van der Waals surface area contributed by atoms with E-state index in [9.17, 15) is 8.42 Å². The van der Waals surface area contributed by atoms with Gasteiger partial charge in [-0.1, -0.05) is 6.92 Å². The lowest BCUT2D eigenvalue weighted by Gasteiger charge is -2.15. The molecule has 0 fully saturated rings. The quantitative estimate of drug-likeness (QED) is 0.619. The second-order valence-corrected chi connectivity index (χ2v) is 4.64. The summed E-state index contributed by atoms with van der Waals surface area (Å²) < 4.78 is 23.3. The fourth-order valence-electron chi connectivity index (χ4n) is 0.481. The van der Waals surface area contributed by atoms with Crippen LogP contribution in [0.1, 0.15) is 13.3 Å². The zero-order valence-corrected chi connectivity index (χ0v) is 7.35. The molecule has 0 saturated carbocycles. The van der Waals surface area contributed by atoms with Gasteiger partial charge in [0.05, 0.1) is 0 Å². The lowest BCUT2D eigenvalue weighted by atomic mass is 10.5. The number of hydrogen-bond acceptors (Lipinski definition) is 3. The maximum Gasteiger partial charge on any atom is 0.229 e. The minimum Gasteiger partial charge on any atom is -0.314 e. The lowest BCUT2D eigenvalue weighted by Crippen LogP contribution is -2.38. The van der Waals surface area contributed by atoms with Gasteiger partial charge in [0, 0.05) is 14.1 Å². The molecular weight excluding hydrogens is 152 g/mol. The van der Waals surface area contributed by atoms with Gasteiger partial charge in [-0.25, -0.2) is 12.7 Å². The molecule has 0 aromatic carbocycles. The van der Waals surface area contributed by atoms with Crippen molar-refractivity contribution in [1.29, 1.82) is 0 Å². The molecule has 0 aliphatic heterocycles. The van der Waals surface area contributed by atoms with E-state index in [0.29, 0.717) is 6.42 Å². The standard InChI is InChI=1S/C5H14N2O2S/c1-4-5(6)10(8,9)7(2)3/h5H,4,6H2,1-3H3. The van der Waals surface area contributed by atoms with Crippen molar-refractivity contribution >= 4 is 10.0 Å². The molecule has 2 N–H and O–H groups in total. The molecule has 0 saturated heterocycles. The van der Waals surface area contributed by atoms with Gasteiger partial charge in [-0.2, -0.15) is 0 Å². The number of sulfonamides is 1. The third-order valence-electron chi connectivity index (χ3n) is 1.29. The second kappa shape index (κ2) is 3.32. The highest BCUT2D eigenvalue weighted by molar-refractivity contribution is 7.89. The van der Waals surface area contributed by atoms with E-state index in [2.05, 4.69) is 0 Å². The maximum absolute atomic E-state index is 11.1. The van der Waals surface area contributed by atoms with Crippen LogP contribution in [0.5, 0.6) is 0 Å². The van der Waals surface area contributed by atoms with Crippen molar-refractivity contribution in [2.24, 2.45) is 5.73 Å². The second-order valence-electron chi connectivity index (χ2n) is 2.27. The summed E-state index contributed by atoms with van der Waals surface area (Å²) in [5, 5.41) is -0.762. The van der Waals surface area contributed by atoms with Gasteiger partial charge < -0.3 is 5.73 Å². The smallest absolute Gasteiger partial charge is 0.229 e. The maximum atomic E-state index is 11.1. The fourth-order valence-corrected chi connectivity index (χ4v) is 1.44. The van der Waals surface area contributed by atoms with Crippen molar-refractivity contribution in [3.63, 3.8) is 0 Å². The SMILES string of the molecule is CCC(N)S(=O)(=O)N(C)C. The normalized spacial score (nSPS) is 15.7. The minimum atomic E-state index is -3.22. The highest BCUT2D eigenvalue weighted by atomic mass is 32.2. The van der Waals surface area contributed by atoms with Gasteiger partial charge in [-0.05, 0) is 6.42 Å². The van der Waals surface area contributed by atoms with E-state index < -0.39 is 15.4 Å². The summed E-state index contributed by atoms with van der Waals surface area (Å²) in [5.74, 6) is 0. The Hall–Kier alpha value is -0.130. The largest absolute Gasteiger partial charge is 0.314 e. The van der Waals surface area contributed by atoms with Crippen LogP contribution in [0.15, 0.2) is 0 Å². The number of nitrogens with zero attached hydrogens (tertiary/aromatic N) is 1. The van der Waals surface area contributed by atoms with Crippen LogP contribution >= 0.6 is 0 Å². The molecular formula is C5H14N2O2S. The van der Waals surface area contributed by atoms with Crippen LogP contribution in [0.3, 0.4) is 0 Å². The summed E-state index contributed by atoms with van der Waals surface area (Å²) in [6, 6.07) is 0. The van der Waals surface area contributed by atoms with E-state index in [4.69, 9.17) is 5.73 Å². The van der Waals surface area contributed by atoms with Crippen molar-refractivity contribution < 1.29 is 8.42 Å². The van der Waals surface area contributed by atoms with Crippen LogP contribution < -0.4 is 5.73 Å². The summed E-state index contributed by atoms with van der Waals surface area (Å²) in [4.78, 5) is 0. The van der Waals surface area contributed by atoms with Crippen molar-refractivity contribution in [2.45, 2.75) is 18.7 Å². The number of hydrogen-bond donors (Lipinski definition) is 1. The van der Waals surface area contributed by atoms with E-state index in [-0.39, 0.29) is 0 Å². The van der Waals surface area contributed by atoms with Crippen LogP contribution in [0, 0.1) is 0 Å². The molecule has 0 aliphatic rings. The first-order valence-corrected chi connectivity index (χ1v) is 4.60. The predicted molar refractivity (Wildman–Crippen MR) is 40.9 cm³/mol. The molecule has 0 aliphatic carbocycles. The first-order chi connectivity index (χ1) is 4.42. The average molecular weight is 166 g/mol. The average Bonchev–Trinajstić information content (AvgIpc) is 1.86. The third kappa shape index (κ3) is 1.93. The van der Waals surface area contributed by atoms with Gasteiger partial charge in [0.1, 0.15) is 5.37 Å². The Labute approximate surface area is 62.1 Å². The number of nitrogens with two attached hydrogens (primary N) is 1. The van der Waals surface area contributed by atoms with Crippen LogP contribution in [-0.2, 0) is 10.0 Å². The summed E-state index contributed by atoms with van der Waals surface area (Å²) in [6.45, 7) is 1.74. The number of rotatable bonds is 3. The first-order valence-electron chi connectivity index (χ1n) is 3.09. The highest BCUT2D eigenvalue weighted by Crippen LogP contribution is 2.01. The molecule has 0 spiro atoms. The highest BCUT2D eigenvalue weighted by Gasteiger charge is 2.21. The van der Waals surface area contributed by atoms with Gasteiger partial charge in [-0.15, -0.1) is 0 Å². The molecule has 0 aromatic heterocycles. The van der Waals surface area contributed by atoms with E-state index in [1.165, 1.54) is 14.1 Å². The Kier molecular flexibility index (Phi) is 3.27.